The number of benzene rings is 1. The Morgan fingerprint density at radius 2 is 1.97 bits per heavy atom. The molecule has 10 heteroatoms. The molecular formula is C20H22BrNO7S. The molecule has 1 aliphatic rings. The second-order valence-electron chi connectivity index (χ2n) is 6.25. The van der Waals surface area contributed by atoms with Crippen molar-refractivity contribution < 1.29 is 33.4 Å². The van der Waals surface area contributed by atoms with E-state index in [1.54, 1.807) is 32.0 Å². The third-order valence-corrected chi connectivity index (χ3v) is 5.38. The molecule has 1 aliphatic heterocycles. The summed E-state index contributed by atoms with van der Waals surface area (Å²) in [5.74, 6) is -1.42. The monoisotopic (exact) mass is 499 g/mol. The van der Waals surface area contributed by atoms with Crippen LogP contribution in [0.3, 0.4) is 0 Å². The van der Waals surface area contributed by atoms with Crippen molar-refractivity contribution in [2.24, 2.45) is 0 Å². The Morgan fingerprint density at radius 3 is 2.63 bits per heavy atom. The van der Waals surface area contributed by atoms with Crippen molar-refractivity contribution in [2.75, 3.05) is 19.8 Å². The lowest BCUT2D eigenvalue weighted by molar-refractivity contribution is -0.150. The number of thioether (sulfide) groups is 1. The van der Waals surface area contributed by atoms with E-state index in [1.807, 2.05) is 6.92 Å². The minimum absolute atomic E-state index is 0.135. The average molecular weight is 500 g/mol. The van der Waals surface area contributed by atoms with Gasteiger partial charge < -0.3 is 14.2 Å². The van der Waals surface area contributed by atoms with E-state index in [-0.39, 0.29) is 24.2 Å². The first-order valence-electron chi connectivity index (χ1n) is 9.27. The van der Waals surface area contributed by atoms with Gasteiger partial charge in [-0.3, -0.25) is 19.3 Å². The largest absolute Gasteiger partial charge is 0.481 e. The zero-order valence-electron chi connectivity index (χ0n) is 16.8. The number of carbonyl (C=O) groups excluding carboxylic acids is 4. The van der Waals surface area contributed by atoms with Crippen LogP contribution >= 0.6 is 27.7 Å². The van der Waals surface area contributed by atoms with E-state index in [1.165, 1.54) is 6.08 Å². The van der Waals surface area contributed by atoms with Crippen LogP contribution in [0.15, 0.2) is 27.6 Å². The second kappa shape index (κ2) is 11.2. The number of hydrogen-bond donors (Lipinski definition) is 0. The van der Waals surface area contributed by atoms with Gasteiger partial charge in [0.1, 0.15) is 12.3 Å². The quantitative estimate of drug-likeness (QED) is 0.373. The SMILES string of the molecule is CCOC(=O)COc1ccc(Br)cc1/C=C1/SC(=O)N(CC(=O)O[C@@H](C)CC)C1=O. The Balaban J connectivity index is 2.17. The summed E-state index contributed by atoms with van der Waals surface area (Å²) >= 11 is 4.06. The van der Waals surface area contributed by atoms with Gasteiger partial charge in [-0.15, -0.1) is 0 Å². The molecule has 1 heterocycles. The van der Waals surface area contributed by atoms with Crippen molar-refractivity contribution in [3.8, 4) is 5.75 Å². The number of carbonyl (C=O) groups is 4. The summed E-state index contributed by atoms with van der Waals surface area (Å²) in [6.45, 7) is 4.78. The predicted octanol–water partition coefficient (Wildman–Crippen LogP) is 3.77. The number of imide groups is 1. The number of esters is 2. The van der Waals surface area contributed by atoms with Crippen molar-refractivity contribution in [3.63, 3.8) is 0 Å². The highest BCUT2D eigenvalue weighted by atomic mass is 79.9. The average Bonchev–Trinajstić information content (AvgIpc) is 2.94. The first-order chi connectivity index (χ1) is 14.2. The van der Waals surface area contributed by atoms with Crippen LogP contribution in [0.4, 0.5) is 4.79 Å². The van der Waals surface area contributed by atoms with Gasteiger partial charge in [0.2, 0.25) is 0 Å². The van der Waals surface area contributed by atoms with Crippen molar-refractivity contribution in [2.45, 2.75) is 33.3 Å². The van der Waals surface area contributed by atoms with Gasteiger partial charge in [0.05, 0.1) is 17.6 Å². The maximum Gasteiger partial charge on any atom is 0.344 e. The van der Waals surface area contributed by atoms with Gasteiger partial charge in [-0.2, -0.15) is 0 Å². The summed E-state index contributed by atoms with van der Waals surface area (Å²) in [6.07, 6.45) is 1.81. The Kier molecular flexibility index (Phi) is 8.91. The molecule has 1 atom stereocenters. The number of nitrogens with zero attached hydrogens (tertiary/aromatic N) is 1. The normalized spacial score (nSPS) is 16.0. The van der Waals surface area contributed by atoms with Crippen LogP contribution in [0.5, 0.6) is 5.75 Å². The molecule has 0 aliphatic carbocycles. The van der Waals surface area contributed by atoms with Gasteiger partial charge in [-0.25, -0.2) is 4.79 Å². The standard InChI is InChI=1S/C20H22BrNO7S/c1-4-12(3)29-17(23)10-22-19(25)16(30-20(22)26)9-13-8-14(21)6-7-15(13)28-11-18(24)27-5-2/h6-9,12H,4-5,10-11H2,1-3H3/b16-9+/t12-/m0/s1. The fourth-order valence-corrected chi connectivity index (χ4v) is 3.56. The van der Waals surface area contributed by atoms with Gasteiger partial charge >= 0.3 is 11.9 Å². The van der Waals surface area contributed by atoms with Gasteiger partial charge in [0.25, 0.3) is 11.1 Å². The van der Waals surface area contributed by atoms with Crippen molar-refractivity contribution in [3.05, 3.63) is 33.1 Å². The molecule has 0 N–H and O–H groups in total. The molecule has 8 nitrogen and oxygen atoms in total. The fraction of sp³-hybridized carbons (Fsp3) is 0.400. The Morgan fingerprint density at radius 1 is 1.23 bits per heavy atom. The minimum Gasteiger partial charge on any atom is -0.481 e. The van der Waals surface area contributed by atoms with E-state index in [4.69, 9.17) is 14.2 Å². The molecule has 0 aromatic heterocycles. The van der Waals surface area contributed by atoms with Crippen LogP contribution in [0.25, 0.3) is 6.08 Å². The predicted molar refractivity (Wildman–Crippen MR) is 115 cm³/mol. The number of ether oxygens (including phenoxy) is 3. The van der Waals surface area contributed by atoms with E-state index >= 15 is 0 Å². The summed E-state index contributed by atoms with van der Waals surface area (Å²) in [5.41, 5.74) is 0.487. The van der Waals surface area contributed by atoms with Crippen molar-refractivity contribution in [1.29, 1.82) is 0 Å². The number of hydrogen-bond acceptors (Lipinski definition) is 8. The summed E-state index contributed by atoms with van der Waals surface area (Å²) in [4.78, 5) is 49.4. The molecule has 0 bridgehead atoms. The maximum atomic E-state index is 12.6. The summed E-state index contributed by atoms with van der Waals surface area (Å²) in [7, 11) is 0. The molecule has 0 radical (unpaired) electrons. The first kappa shape index (κ1) is 23.9. The highest BCUT2D eigenvalue weighted by molar-refractivity contribution is 9.10. The van der Waals surface area contributed by atoms with E-state index < -0.39 is 29.6 Å². The Hall–Kier alpha value is -2.33. The molecule has 0 saturated carbocycles. The number of halogens is 1. The summed E-state index contributed by atoms with van der Waals surface area (Å²) < 4.78 is 16.2. The zero-order valence-corrected chi connectivity index (χ0v) is 19.2. The summed E-state index contributed by atoms with van der Waals surface area (Å²) in [6, 6.07) is 5.03. The first-order valence-corrected chi connectivity index (χ1v) is 10.9. The van der Waals surface area contributed by atoms with Crippen LogP contribution in [-0.4, -0.2) is 53.8 Å². The molecule has 1 fully saturated rings. The molecule has 1 aromatic carbocycles. The van der Waals surface area contributed by atoms with Gasteiger partial charge in [-0.05, 0) is 56.3 Å². The zero-order chi connectivity index (χ0) is 22.3. The third-order valence-electron chi connectivity index (χ3n) is 3.98. The smallest absolute Gasteiger partial charge is 0.344 e. The lowest BCUT2D eigenvalue weighted by Crippen LogP contribution is -2.35. The molecule has 30 heavy (non-hydrogen) atoms. The van der Waals surface area contributed by atoms with E-state index in [2.05, 4.69) is 15.9 Å². The van der Waals surface area contributed by atoms with Crippen molar-refractivity contribution >= 4 is 56.9 Å². The number of amides is 2. The van der Waals surface area contributed by atoms with Crippen molar-refractivity contribution in [1.82, 2.24) is 4.90 Å². The molecule has 0 spiro atoms. The molecule has 162 valence electrons. The second-order valence-corrected chi connectivity index (χ2v) is 8.16. The van der Waals surface area contributed by atoms with Crippen LogP contribution in [0.2, 0.25) is 0 Å². The van der Waals surface area contributed by atoms with Crippen LogP contribution in [-0.2, 0) is 23.9 Å². The minimum atomic E-state index is -0.645. The molecular weight excluding hydrogens is 478 g/mol. The van der Waals surface area contributed by atoms with E-state index in [9.17, 15) is 19.2 Å². The molecule has 2 amide bonds. The maximum absolute atomic E-state index is 12.6. The highest BCUT2D eigenvalue weighted by Crippen LogP contribution is 2.34. The van der Waals surface area contributed by atoms with Gasteiger partial charge in [0, 0.05) is 10.0 Å². The highest BCUT2D eigenvalue weighted by Gasteiger charge is 2.37. The van der Waals surface area contributed by atoms with E-state index in [0.717, 1.165) is 16.7 Å². The molecule has 1 saturated heterocycles. The lowest BCUT2D eigenvalue weighted by Gasteiger charge is -2.15. The summed E-state index contributed by atoms with van der Waals surface area (Å²) in [5, 5.41) is -0.559. The van der Waals surface area contributed by atoms with E-state index in [0.29, 0.717) is 22.2 Å². The molecule has 2 rings (SSSR count). The van der Waals surface area contributed by atoms with Gasteiger partial charge in [-0.1, -0.05) is 22.9 Å². The lowest BCUT2D eigenvalue weighted by atomic mass is 10.2. The fourth-order valence-electron chi connectivity index (χ4n) is 2.35. The van der Waals surface area contributed by atoms with Gasteiger partial charge in [0.15, 0.2) is 6.61 Å². The van der Waals surface area contributed by atoms with Crippen LogP contribution < -0.4 is 4.74 Å². The number of rotatable bonds is 9. The van der Waals surface area contributed by atoms with Crippen LogP contribution in [0, 0.1) is 0 Å². The third kappa shape index (κ3) is 6.60. The topological polar surface area (TPSA) is 99.2 Å². The molecule has 1 aromatic rings. The molecule has 0 unspecified atom stereocenters. The Labute approximate surface area is 187 Å². The Bertz CT molecular complexity index is 871. The van der Waals surface area contributed by atoms with Crippen LogP contribution in [0.1, 0.15) is 32.8 Å².